The molecular formula is C19H23N3O3. The third kappa shape index (κ3) is 5.53. The standard InChI is InChI=1S/C19H23N3O3/c1-13(2)16-5-3-4-6-17(16)25-12-11-21-18(23)14-7-9-15(10-8-14)22-19(20)24/h3-10,13H,11-12H2,1-2H3,(H,21,23)(H3,20,22,24). The van der Waals surface area contributed by atoms with Gasteiger partial charge in [-0.2, -0.15) is 0 Å². The molecule has 0 aliphatic carbocycles. The maximum absolute atomic E-state index is 12.1. The van der Waals surface area contributed by atoms with Crippen molar-refractivity contribution in [1.29, 1.82) is 0 Å². The predicted octanol–water partition coefficient (Wildman–Crippen LogP) is 3.11. The number of rotatable bonds is 7. The Morgan fingerprint density at radius 3 is 2.40 bits per heavy atom. The Balaban J connectivity index is 1.82. The zero-order valence-corrected chi connectivity index (χ0v) is 14.4. The Labute approximate surface area is 147 Å². The van der Waals surface area contributed by atoms with Crippen LogP contribution in [0.3, 0.4) is 0 Å². The second-order valence-corrected chi connectivity index (χ2v) is 5.86. The third-order valence-corrected chi connectivity index (χ3v) is 3.60. The third-order valence-electron chi connectivity index (χ3n) is 3.60. The van der Waals surface area contributed by atoms with Crippen LogP contribution in [0, 0.1) is 0 Å². The molecule has 0 unspecified atom stereocenters. The number of hydrogen-bond donors (Lipinski definition) is 3. The lowest BCUT2D eigenvalue weighted by Gasteiger charge is -2.14. The first-order chi connectivity index (χ1) is 12.0. The van der Waals surface area contributed by atoms with E-state index in [4.69, 9.17) is 10.5 Å². The van der Waals surface area contributed by atoms with Gasteiger partial charge in [-0.15, -0.1) is 0 Å². The minimum atomic E-state index is -0.643. The van der Waals surface area contributed by atoms with Gasteiger partial charge in [-0.25, -0.2) is 4.79 Å². The molecule has 0 saturated carbocycles. The Hall–Kier alpha value is -3.02. The van der Waals surface area contributed by atoms with Crippen molar-refractivity contribution in [2.45, 2.75) is 19.8 Å². The van der Waals surface area contributed by atoms with E-state index in [0.717, 1.165) is 11.3 Å². The van der Waals surface area contributed by atoms with Crippen LogP contribution in [-0.2, 0) is 0 Å². The van der Waals surface area contributed by atoms with Gasteiger partial charge >= 0.3 is 6.03 Å². The molecule has 132 valence electrons. The number of amides is 3. The molecule has 0 heterocycles. The molecule has 0 aliphatic rings. The fourth-order valence-electron chi connectivity index (χ4n) is 2.36. The largest absolute Gasteiger partial charge is 0.491 e. The number of carbonyl (C=O) groups is 2. The second-order valence-electron chi connectivity index (χ2n) is 5.86. The average molecular weight is 341 g/mol. The van der Waals surface area contributed by atoms with Gasteiger partial charge in [0.05, 0.1) is 6.54 Å². The lowest BCUT2D eigenvalue weighted by atomic mass is 10.0. The van der Waals surface area contributed by atoms with Crippen LogP contribution in [0.25, 0.3) is 0 Å². The van der Waals surface area contributed by atoms with Gasteiger partial charge in [0, 0.05) is 11.3 Å². The van der Waals surface area contributed by atoms with Crippen LogP contribution in [0.4, 0.5) is 10.5 Å². The number of benzene rings is 2. The van der Waals surface area contributed by atoms with Gasteiger partial charge in [0.15, 0.2) is 0 Å². The van der Waals surface area contributed by atoms with Crippen molar-refractivity contribution in [3.05, 3.63) is 59.7 Å². The summed E-state index contributed by atoms with van der Waals surface area (Å²) in [7, 11) is 0. The van der Waals surface area contributed by atoms with E-state index in [0.29, 0.717) is 30.3 Å². The Kier molecular flexibility index (Phi) is 6.39. The first kappa shape index (κ1) is 18.3. The minimum absolute atomic E-state index is 0.202. The molecule has 2 rings (SSSR count). The highest BCUT2D eigenvalue weighted by molar-refractivity contribution is 5.95. The Morgan fingerprint density at radius 1 is 1.08 bits per heavy atom. The summed E-state index contributed by atoms with van der Waals surface area (Å²) in [5.74, 6) is 1.01. The molecule has 0 radical (unpaired) electrons. The molecule has 0 saturated heterocycles. The number of para-hydroxylation sites is 1. The number of ether oxygens (including phenoxy) is 1. The molecule has 3 amide bonds. The lowest BCUT2D eigenvalue weighted by Crippen LogP contribution is -2.28. The summed E-state index contributed by atoms with van der Waals surface area (Å²) in [6.07, 6.45) is 0. The van der Waals surface area contributed by atoms with E-state index in [2.05, 4.69) is 24.5 Å². The molecule has 0 aliphatic heterocycles. The maximum atomic E-state index is 12.1. The van der Waals surface area contributed by atoms with Gasteiger partial charge in [-0.3, -0.25) is 4.79 Å². The van der Waals surface area contributed by atoms with Crippen molar-refractivity contribution >= 4 is 17.6 Å². The summed E-state index contributed by atoms with van der Waals surface area (Å²) in [5.41, 5.74) is 7.22. The highest BCUT2D eigenvalue weighted by Gasteiger charge is 2.08. The van der Waals surface area contributed by atoms with Crippen molar-refractivity contribution in [2.75, 3.05) is 18.5 Å². The molecule has 0 bridgehead atoms. The summed E-state index contributed by atoms with van der Waals surface area (Å²) in [6, 6.07) is 13.7. The van der Waals surface area contributed by atoms with Crippen LogP contribution >= 0.6 is 0 Å². The number of primary amides is 1. The zero-order chi connectivity index (χ0) is 18.2. The van der Waals surface area contributed by atoms with Crippen molar-refractivity contribution in [3.63, 3.8) is 0 Å². The molecule has 2 aromatic rings. The van der Waals surface area contributed by atoms with Gasteiger partial charge in [-0.05, 0) is 41.8 Å². The molecular weight excluding hydrogens is 318 g/mol. The van der Waals surface area contributed by atoms with Crippen LogP contribution in [0.5, 0.6) is 5.75 Å². The summed E-state index contributed by atoms with van der Waals surface area (Å²) in [5, 5.41) is 5.25. The summed E-state index contributed by atoms with van der Waals surface area (Å²) in [6.45, 7) is 5.00. The number of nitrogens with two attached hydrogens (primary N) is 1. The number of hydrogen-bond acceptors (Lipinski definition) is 3. The van der Waals surface area contributed by atoms with Gasteiger partial charge in [-0.1, -0.05) is 32.0 Å². The van der Waals surface area contributed by atoms with Crippen molar-refractivity contribution in [1.82, 2.24) is 5.32 Å². The van der Waals surface area contributed by atoms with Gasteiger partial charge in [0.2, 0.25) is 0 Å². The summed E-state index contributed by atoms with van der Waals surface area (Å²) >= 11 is 0. The van der Waals surface area contributed by atoms with Crippen LogP contribution in [0.15, 0.2) is 48.5 Å². The number of nitrogens with one attached hydrogen (secondary N) is 2. The first-order valence-electron chi connectivity index (χ1n) is 8.14. The van der Waals surface area contributed by atoms with E-state index < -0.39 is 6.03 Å². The van der Waals surface area contributed by atoms with Crippen LogP contribution < -0.4 is 21.1 Å². The quantitative estimate of drug-likeness (QED) is 0.676. The predicted molar refractivity (Wildman–Crippen MR) is 98.0 cm³/mol. The average Bonchev–Trinajstić information content (AvgIpc) is 2.59. The SMILES string of the molecule is CC(C)c1ccccc1OCCNC(=O)c1ccc(NC(N)=O)cc1. The maximum Gasteiger partial charge on any atom is 0.316 e. The van der Waals surface area contributed by atoms with Crippen molar-refractivity contribution < 1.29 is 14.3 Å². The normalized spacial score (nSPS) is 10.4. The number of anilines is 1. The summed E-state index contributed by atoms with van der Waals surface area (Å²) < 4.78 is 5.77. The molecule has 4 N–H and O–H groups in total. The van der Waals surface area contributed by atoms with E-state index >= 15 is 0 Å². The Morgan fingerprint density at radius 2 is 1.76 bits per heavy atom. The molecule has 25 heavy (non-hydrogen) atoms. The fourth-order valence-corrected chi connectivity index (χ4v) is 2.36. The highest BCUT2D eigenvalue weighted by Crippen LogP contribution is 2.25. The first-order valence-corrected chi connectivity index (χ1v) is 8.14. The van der Waals surface area contributed by atoms with E-state index in [1.807, 2.05) is 24.3 Å². The van der Waals surface area contributed by atoms with Crippen LogP contribution in [-0.4, -0.2) is 25.1 Å². The number of urea groups is 1. The van der Waals surface area contributed by atoms with Crippen molar-refractivity contribution in [3.8, 4) is 5.75 Å². The minimum Gasteiger partial charge on any atom is -0.491 e. The molecule has 0 atom stereocenters. The van der Waals surface area contributed by atoms with Gasteiger partial charge in [0.25, 0.3) is 5.91 Å². The van der Waals surface area contributed by atoms with Crippen LogP contribution in [0.1, 0.15) is 35.7 Å². The fraction of sp³-hybridized carbons (Fsp3) is 0.263. The molecule has 6 heteroatoms. The lowest BCUT2D eigenvalue weighted by molar-refractivity contribution is 0.0947. The van der Waals surface area contributed by atoms with Gasteiger partial charge in [0.1, 0.15) is 12.4 Å². The van der Waals surface area contributed by atoms with Gasteiger partial charge < -0.3 is 21.1 Å². The monoisotopic (exact) mass is 341 g/mol. The van der Waals surface area contributed by atoms with E-state index in [-0.39, 0.29) is 5.91 Å². The molecule has 0 spiro atoms. The topological polar surface area (TPSA) is 93.4 Å². The zero-order valence-electron chi connectivity index (χ0n) is 14.4. The smallest absolute Gasteiger partial charge is 0.316 e. The van der Waals surface area contributed by atoms with E-state index in [9.17, 15) is 9.59 Å². The highest BCUT2D eigenvalue weighted by atomic mass is 16.5. The molecule has 2 aromatic carbocycles. The molecule has 0 fully saturated rings. The molecule has 6 nitrogen and oxygen atoms in total. The Bertz CT molecular complexity index is 727. The second kappa shape index (κ2) is 8.73. The van der Waals surface area contributed by atoms with Crippen LogP contribution in [0.2, 0.25) is 0 Å². The van der Waals surface area contributed by atoms with E-state index in [1.54, 1.807) is 24.3 Å². The van der Waals surface area contributed by atoms with Crippen molar-refractivity contribution in [2.24, 2.45) is 5.73 Å². The summed E-state index contributed by atoms with van der Waals surface area (Å²) in [4.78, 5) is 22.8. The molecule has 0 aromatic heterocycles. The number of carbonyl (C=O) groups excluding carboxylic acids is 2. The van der Waals surface area contributed by atoms with E-state index in [1.165, 1.54) is 0 Å².